The molecule has 0 aliphatic heterocycles. The second-order valence-electron chi connectivity index (χ2n) is 5.48. The molecule has 0 aliphatic rings. The normalized spacial score (nSPS) is 11.2. The van der Waals surface area contributed by atoms with E-state index in [0.717, 1.165) is 47.9 Å². The van der Waals surface area contributed by atoms with Gasteiger partial charge in [-0.15, -0.1) is 24.0 Å². The number of aliphatic imine (C=N–C) groups is 1. The van der Waals surface area contributed by atoms with Crippen LogP contribution in [0.15, 0.2) is 53.7 Å². The number of halogens is 1. The van der Waals surface area contributed by atoms with Crippen LogP contribution in [0.4, 0.5) is 0 Å². The molecule has 3 aromatic rings. The molecule has 0 unspecified atom stereocenters. The van der Waals surface area contributed by atoms with Crippen molar-refractivity contribution in [2.24, 2.45) is 4.99 Å². The first kappa shape index (κ1) is 19.2. The van der Waals surface area contributed by atoms with E-state index in [4.69, 9.17) is 0 Å². The predicted molar refractivity (Wildman–Crippen MR) is 112 cm³/mol. The van der Waals surface area contributed by atoms with Crippen LogP contribution >= 0.6 is 24.0 Å². The fraction of sp³-hybridized carbons (Fsp3) is 0.278. The Balaban J connectivity index is 0.00000225. The van der Waals surface area contributed by atoms with Gasteiger partial charge in [0.25, 0.3) is 0 Å². The first-order chi connectivity index (χ1) is 11.8. The van der Waals surface area contributed by atoms with Crippen LogP contribution in [-0.4, -0.2) is 34.5 Å². The first-order valence-electron chi connectivity index (χ1n) is 8.13. The van der Waals surface area contributed by atoms with E-state index < -0.39 is 0 Å². The zero-order chi connectivity index (χ0) is 16.6. The molecule has 3 N–H and O–H groups in total. The highest BCUT2D eigenvalue weighted by atomic mass is 127. The van der Waals surface area contributed by atoms with Crippen molar-refractivity contribution in [3.05, 3.63) is 60.2 Å². The van der Waals surface area contributed by atoms with Gasteiger partial charge in [0, 0.05) is 26.2 Å². The van der Waals surface area contributed by atoms with E-state index in [-0.39, 0.29) is 24.0 Å². The monoisotopic (exact) mass is 450 g/mol. The van der Waals surface area contributed by atoms with Gasteiger partial charge in [-0.05, 0) is 30.7 Å². The summed E-state index contributed by atoms with van der Waals surface area (Å²) in [6.07, 6.45) is 3.67. The molecule has 2 aromatic heterocycles. The topological polar surface area (TPSA) is 78.0 Å². The summed E-state index contributed by atoms with van der Waals surface area (Å²) in [6, 6.07) is 14.0. The van der Waals surface area contributed by atoms with Gasteiger partial charge >= 0.3 is 0 Å². The van der Waals surface area contributed by atoms with Crippen LogP contribution < -0.4 is 10.6 Å². The van der Waals surface area contributed by atoms with Gasteiger partial charge < -0.3 is 15.6 Å². The van der Waals surface area contributed by atoms with Crippen LogP contribution in [0.5, 0.6) is 0 Å². The van der Waals surface area contributed by atoms with Crippen molar-refractivity contribution in [2.45, 2.75) is 19.4 Å². The van der Waals surface area contributed by atoms with Crippen LogP contribution in [0.2, 0.25) is 0 Å². The minimum absolute atomic E-state index is 0. The Morgan fingerprint density at radius 2 is 1.96 bits per heavy atom. The Bertz CT molecular complexity index is 766. The molecule has 0 radical (unpaired) electrons. The van der Waals surface area contributed by atoms with Gasteiger partial charge in [0.05, 0.1) is 23.3 Å². The number of hydrogen-bond donors (Lipinski definition) is 3. The van der Waals surface area contributed by atoms with Gasteiger partial charge in [0.2, 0.25) is 0 Å². The molecule has 0 saturated carbocycles. The third-order valence-corrected chi connectivity index (χ3v) is 3.71. The van der Waals surface area contributed by atoms with Crippen LogP contribution in [0, 0.1) is 0 Å². The lowest BCUT2D eigenvalue weighted by Crippen LogP contribution is -2.37. The molecule has 7 heteroatoms. The zero-order valence-corrected chi connectivity index (χ0v) is 16.5. The van der Waals surface area contributed by atoms with Crippen molar-refractivity contribution in [1.82, 2.24) is 25.6 Å². The van der Waals surface area contributed by atoms with E-state index in [2.05, 4.69) is 30.6 Å². The molecule has 1 aromatic carbocycles. The molecule has 0 saturated heterocycles. The number of para-hydroxylation sites is 2. The second kappa shape index (κ2) is 9.97. The average molecular weight is 450 g/mol. The minimum atomic E-state index is 0. The highest BCUT2D eigenvalue weighted by molar-refractivity contribution is 14.0. The van der Waals surface area contributed by atoms with Crippen molar-refractivity contribution in [3.8, 4) is 0 Å². The van der Waals surface area contributed by atoms with E-state index in [1.54, 1.807) is 13.2 Å². The Morgan fingerprint density at radius 3 is 2.72 bits per heavy atom. The van der Waals surface area contributed by atoms with E-state index in [0.29, 0.717) is 6.54 Å². The van der Waals surface area contributed by atoms with E-state index in [1.165, 1.54) is 0 Å². The van der Waals surface area contributed by atoms with Gasteiger partial charge in [0.1, 0.15) is 5.82 Å². The summed E-state index contributed by atoms with van der Waals surface area (Å²) in [7, 11) is 1.77. The molecule has 0 fully saturated rings. The Hall–Kier alpha value is -2.16. The number of H-pyrrole nitrogens is 1. The number of benzene rings is 1. The lowest BCUT2D eigenvalue weighted by Gasteiger charge is -2.11. The molecule has 6 nitrogen and oxygen atoms in total. The third kappa shape index (κ3) is 5.70. The van der Waals surface area contributed by atoms with Gasteiger partial charge in [-0.1, -0.05) is 18.2 Å². The van der Waals surface area contributed by atoms with Gasteiger partial charge in [0.15, 0.2) is 5.96 Å². The SMILES string of the molecule is CN=C(NCCCc1nc2ccccc2[nH]1)NCc1ccccn1.I. The van der Waals surface area contributed by atoms with Crippen LogP contribution in [-0.2, 0) is 13.0 Å². The van der Waals surface area contributed by atoms with Crippen LogP contribution in [0.3, 0.4) is 0 Å². The highest BCUT2D eigenvalue weighted by Gasteiger charge is 2.02. The smallest absolute Gasteiger partial charge is 0.191 e. The summed E-state index contributed by atoms with van der Waals surface area (Å²) < 4.78 is 0. The van der Waals surface area contributed by atoms with Gasteiger partial charge in [-0.3, -0.25) is 9.98 Å². The van der Waals surface area contributed by atoms with E-state index >= 15 is 0 Å². The third-order valence-electron chi connectivity index (χ3n) is 3.71. The number of aromatic amines is 1. The number of pyridine rings is 1. The number of imidazole rings is 1. The Kier molecular flexibility index (Phi) is 7.65. The molecule has 0 aliphatic carbocycles. The Morgan fingerprint density at radius 1 is 1.12 bits per heavy atom. The summed E-state index contributed by atoms with van der Waals surface area (Å²) in [5.74, 6) is 1.81. The zero-order valence-electron chi connectivity index (χ0n) is 14.2. The Labute approximate surface area is 164 Å². The molecule has 0 bridgehead atoms. The van der Waals surface area contributed by atoms with Crippen molar-refractivity contribution in [3.63, 3.8) is 0 Å². The van der Waals surface area contributed by atoms with Crippen molar-refractivity contribution in [2.75, 3.05) is 13.6 Å². The molecule has 2 heterocycles. The fourth-order valence-electron chi connectivity index (χ4n) is 2.48. The van der Waals surface area contributed by atoms with Crippen LogP contribution in [0.25, 0.3) is 11.0 Å². The maximum Gasteiger partial charge on any atom is 0.191 e. The lowest BCUT2D eigenvalue weighted by atomic mass is 10.3. The maximum atomic E-state index is 4.59. The highest BCUT2D eigenvalue weighted by Crippen LogP contribution is 2.10. The predicted octanol–water partition coefficient (Wildman–Crippen LogP) is 2.87. The molecular formula is C18H23IN6. The summed E-state index contributed by atoms with van der Waals surface area (Å²) in [5.41, 5.74) is 3.10. The quantitative estimate of drug-likeness (QED) is 0.234. The number of rotatable bonds is 6. The maximum absolute atomic E-state index is 4.59. The number of aryl methyl sites for hydroxylation is 1. The summed E-state index contributed by atoms with van der Waals surface area (Å²) >= 11 is 0. The van der Waals surface area contributed by atoms with E-state index in [1.807, 2.05) is 42.5 Å². The fourth-order valence-corrected chi connectivity index (χ4v) is 2.48. The number of aromatic nitrogens is 3. The molecule has 3 rings (SSSR count). The standard InChI is InChI=1S/C18H22N6.HI/c1-19-18(22-13-14-7-4-5-11-20-14)21-12-6-10-17-23-15-8-2-3-9-16(15)24-17;/h2-5,7-9,11H,6,10,12-13H2,1H3,(H,23,24)(H2,19,21,22);1H. The summed E-state index contributed by atoms with van der Waals surface area (Å²) in [6.45, 7) is 1.49. The van der Waals surface area contributed by atoms with Crippen molar-refractivity contribution >= 4 is 41.0 Å². The van der Waals surface area contributed by atoms with Gasteiger partial charge in [-0.25, -0.2) is 4.98 Å². The molecule has 0 spiro atoms. The molecular weight excluding hydrogens is 427 g/mol. The lowest BCUT2D eigenvalue weighted by molar-refractivity contribution is 0.723. The summed E-state index contributed by atoms with van der Waals surface area (Å²) in [4.78, 5) is 16.4. The largest absolute Gasteiger partial charge is 0.356 e. The number of nitrogens with one attached hydrogen (secondary N) is 3. The first-order valence-corrected chi connectivity index (χ1v) is 8.13. The second-order valence-corrected chi connectivity index (χ2v) is 5.48. The number of hydrogen-bond acceptors (Lipinski definition) is 3. The number of nitrogens with zero attached hydrogens (tertiary/aromatic N) is 3. The van der Waals surface area contributed by atoms with Gasteiger partial charge in [-0.2, -0.15) is 0 Å². The minimum Gasteiger partial charge on any atom is -0.356 e. The van der Waals surface area contributed by atoms with Crippen molar-refractivity contribution in [1.29, 1.82) is 0 Å². The molecule has 132 valence electrons. The molecule has 0 amide bonds. The van der Waals surface area contributed by atoms with E-state index in [9.17, 15) is 0 Å². The number of fused-ring (bicyclic) bond motifs is 1. The average Bonchev–Trinajstić information content (AvgIpc) is 3.05. The van der Waals surface area contributed by atoms with Crippen LogP contribution in [0.1, 0.15) is 17.9 Å². The summed E-state index contributed by atoms with van der Waals surface area (Å²) in [5, 5.41) is 6.57. The molecule has 25 heavy (non-hydrogen) atoms. The van der Waals surface area contributed by atoms with Crippen molar-refractivity contribution < 1.29 is 0 Å². The number of guanidine groups is 1. The molecule has 0 atom stereocenters.